The molecular weight excluding hydrogens is 451 g/mol. The summed E-state index contributed by atoms with van der Waals surface area (Å²) < 4.78 is 16.9. The van der Waals surface area contributed by atoms with Crippen LogP contribution in [0.15, 0.2) is 82.8 Å². The number of rotatable bonds is 4. The normalized spacial score (nSPS) is 13.7. The number of phosphoric ester groups is 1. The average molecular weight is 470 g/mol. The minimum absolute atomic E-state index is 0. The number of phosphoric acid groups is 1. The third-order valence-electron chi connectivity index (χ3n) is 4.70. The van der Waals surface area contributed by atoms with Crippen molar-refractivity contribution in [2.24, 2.45) is 0 Å². The van der Waals surface area contributed by atoms with Crippen molar-refractivity contribution >= 4 is 66.1 Å². The van der Waals surface area contributed by atoms with Gasteiger partial charge in [0.2, 0.25) is 0 Å². The third kappa shape index (κ3) is 6.10. The number of para-hydroxylation sites is 2. The summed E-state index contributed by atoms with van der Waals surface area (Å²) in [6, 6.07) is 23.1. The van der Waals surface area contributed by atoms with E-state index in [-0.39, 0.29) is 64.2 Å². The monoisotopic (exact) mass is 470 g/mol. The first-order chi connectivity index (χ1) is 13.8. The van der Waals surface area contributed by atoms with Crippen LogP contribution >= 0.6 is 19.6 Å². The number of fused-ring (bicyclic) bond motifs is 2. The molecule has 1 aliphatic rings. The fraction of sp³-hybridized carbons (Fsp3) is 0.0909. The predicted molar refractivity (Wildman–Crippen MR) is 121 cm³/mol. The van der Waals surface area contributed by atoms with Crippen LogP contribution in [0.2, 0.25) is 0 Å². The summed E-state index contributed by atoms with van der Waals surface area (Å²) in [5.74, 6) is 0. The molecule has 0 bridgehead atoms. The second-order valence-electron chi connectivity index (χ2n) is 6.73. The summed E-state index contributed by atoms with van der Waals surface area (Å²) in [6.45, 7) is 1.98. The molecule has 0 aliphatic carbocycles. The van der Waals surface area contributed by atoms with Gasteiger partial charge in [-0.2, -0.15) is 0 Å². The van der Waals surface area contributed by atoms with E-state index in [0.717, 1.165) is 33.0 Å². The molecule has 0 amide bonds. The molecule has 31 heavy (non-hydrogen) atoms. The molecule has 3 aromatic carbocycles. The number of hydrogen-bond acceptors (Lipinski definition) is 5. The quantitative estimate of drug-likeness (QED) is 0.271. The van der Waals surface area contributed by atoms with Gasteiger partial charge >= 0.3 is 37.4 Å². The number of thioether (sulfide) groups is 1. The van der Waals surface area contributed by atoms with Gasteiger partial charge in [0.1, 0.15) is 0 Å². The van der Waals surface area contributed by atoms with Crippen LogP contribution in [0.3, 0.4) is 0 Å². The molecule has 0 spiro atoms. The van der Waals surface area contributed by atoms with Crippen LogP contribution in [0, 0.1) is 6.92 Å². The van der Waals surface area contributed by atoms with Crippen molar-refractivity contribution < 1.29 is 48.4 Å². The molecule has 3 aromatic rings. The Morgan fingerprint density at radius 2 is 1.45 bits per heavy atom. The van der Waals surface area contributed by atoms with E-state index in [1.807, 2.05) is 86.8 Å². The topological polar surface area (TPSA) is 72.8 Å². The van der Waals surface area contributed by atoms with Gasteiger partial charge in [-0.1, -0.05) is 65.9 Å². The van der Waals surface area contributed by atoms with Gasteiger partial charge < -0.3 is 19.2 Å². The summed E-state index contributed by atoms with van der Waals surface area (Å²) in [5.41, 5.74) is 5.23. The summed E-state index contributed by atoms with van der Waals surface area (Å²) >= 11 is 1.17. The molecule has 5 nitrogen and oxygen atoms in total. The van der Waals surface area contributed by atoms with E-state index in [1.54, 1.807) is 0 Å². The number of aryl methyl sites for hydroxylation is 1. The van der Waals surface area contributed by atoms with Gasteiger partial charge in [-0.25, -0.2) is 0 Å². The molecule has 1 aliphatic heterocycles. The predicted octanol–water partition coefficient (Wildman–Crippen LogP) is 1.69. The number of benzene rings is 3. The van der Waals surface area contributed by atoms with E-state index >= 15 is 0 Å². The zero-order chi connectivity index (χ0) is 20.6. The van der Waals surface area contributed by atoms with Crippen molar-refractivity contribution in [3.05, 3.63) is 94.6 Å². The Labute approximate surface area is 230 Å². The van der Waals surface area contributed by atoms with E-state index in [1.165, 1.54) is 11.8 Å². The standard InChI is InChI=1S/C22H20NO4PS.2Na/c1-15-11-13-16(14-12-15)29-22(27-28(24,25)26)21-17-7-3-5-9-19(17)23(2)20-10-6-4-8-18(20)21;;/h3-14H,1-2H3,(H2,24,25,26);;/q;;+1/p-1. The Bertz CT molecular complexity index is 1100. The first-order valence-corrected chi connectivity index (χ1v) is 11.3. The van der Waals surface area contributed by atoms with Crippen LogP contribution in [-0.4, -0.2) is 41.5 Å². The maximum absolute atomic E-state index is 11.7. The van der Waals surface area contributed by atoms with Gasteiger partial charge in [-0.15, -0.1) is 0 Å². The summed E-state index contributed by atoms with van der Waals surface area (Å²) in [4.78, 5) is 24.1. The van der Waals surface area contributed by atoms with Gasteiger partial charge in [-0.3, -0.25) is 4.57 Å². The van der Waals surface area contributed by atoms with E-state index in [9.17, 15) is 14.4 Å². The van der Waals surface area contributed by atoms with Crippen LogP contribution in [0.25, 0.3) is 5.57 Å². The van der Waals surface area contributed by atoms with E-state index < -0.39 is 7.82 Å². The molecule has 0 aromatic heterocycles. The Balaban J connectivity index is 0.00000171. The van der Waals surface area contributed by atoms with Crippen LogP contribution in [-0.2, 0) is 9.09 Å². The van der Waals surface area contributed by atoms with Gasteiger partial charge in [0.25, 0.3) is 0 Å². The molecule has 149 valence electrons. The maximum atomic E-state index is 11.7. The van der Waals surface area contributed by atoms with Crippen molar-refractivity contribution in [2.45, 2.75) is 11.8 Å². The molecule has 0 saturated heterocycles. The molecule has 1 unspecified atom stereocenters. The number of nitrogens with zero attached hydrogens (tertiary/aromatic N) is 1. The third-order valence-corrected chi connectivity index (χ3v) is 6.22. The van der Waals surface area contributed by atoms with E-state index in [0.29, 0.717) is 5.57 Å². The average Bonchev–Trinajstić information content (AvgIpc) is 2.69. The van der Waals surface area contributed by atoms with Crippen molar-refractivity contribution in [1.29, 1.82) is 0 Å². The van der Waals surface area contributed by atoms with Gasteiger partial charge in [0, 0.05) is 69.6 Å². The Kier molecular flexibility index (Phi) is 9.56. The van der Waals surface area contributed by atoms with Crippen LogP contribution in [0.1, 0.15) is 16.7 Å². The largest absolute Gasteiger partial charge is 1.00 e. The fourth-order valence-electron chi connectivity index (χ4n) is 3.38. The van der Waals surface area contributed by atoms with Gasteiger partial charge in [0.05, 0.1) is 0 Å². The smallest absolute Gasteiger partial charge is 0.746 e. The summed E-state index contributed by atoms with van der Waals surface area (Å²) in [6.07, 6.45) is 0. The number of anilines is 2. The van der Waals surface area contributed by atoms with Crippen molar-refractivity contribution in [3.8, 4) is 0 Å². The van der Waals surface area contributed by atoms with Gasteiger partial charge in [0.15, 0.2) is 5.09 Å². The molecule has 1 radical (unpaired) electrons. The maximum Gasteiger partial charge on any atom is 1.00 e. The second kappa shape index (κ2) is 11.1. The Hall–Kier alpha value is -0.500. The van der Waals surface area contributed by atoms with Crippen LogP contribution < -0.4 is 39.4 Å². The summed E-state index contributed by atoms with van der Waals surface area (Å²) in [7, 11) is -3.05. The molecular formula is C22H19NNa2O4PS. The molecule has 1 heterocycles. The summed E-state index contributed by atoms with van der Waals surface area (Å²) in [5, 5.41) is 0.114. The van der Waals surface area contributed by atoms with Crippen LogP contribution in [0.5, 0.6) is 0 Å². The van der Waals surface area contributed by atoms with E-state index in [2.05, 4.69) is 4.90 Å². The first-order valence-electron chi connectivity index (χ1n) is 8.98. The molecule has 1 atom stereocenters. The van der Waals surface area contributed by atoms with Crippen molar-refractivity contribution in [2.75, 3.05) is 11.9 Å². The second-order valence-corrected chi connectivity index (χ2v) is 8.90. The Morgan fingerprint density at radius 1 is 0.968 bits per heavy atom. The molecule has 1 N–H and O–H groups in total. The zero-order valence-corrected chi connectivity index (χ0v) is 23.6. The molecule has 0 fully saturated rings. The van der Waals surface area contributed by atoms with Crippen molar-refractivity contribution in [3.63, 3.8) is 0 Å². The van der Waals surface area contributed by atoms with E-state index in [4.69, 9.17) is 4.52 Å². The minimum atomic E-state index is -5.02. The molecule has 0 saturated carbocycles. The minimum Gasteiger partial charge on any atom is -0.746 e. The van der Waals surface area contributed by atoms with Crippen LogP contribution in [0.4, 0.5) is 11.4 Å². The SMILES string of the molecule is Cc1ccc(SC(OP(=O)([O-])O)=C2c3ccccc3N(C)c3ccccc32)cc1.[Na+].[Na]. The number of hydrogen-bond donors (Lipinski definition) is 1. The van der Waals surface area contributed by atoms with Gasteiger partial charge in [-0.05, 0) is 31.2 Å². The first kappa shape index (κ1) is 26.7. The zero-order valence-electron chi connectivity index (χ0n) is 17.9. The Morgan fingerprint density at radius 3 is 1.94 bits per heavy atom. The molecule has 9 heteroatoms. The molecule has 4 rings (SSSR count). The van der Waals surface area contributed by atoms with Crippen molar-refractivity contribution in [1.82, 2.24) is 0 Å². The fourth-order valence-corrected chi connectivity index (χ4v) is 4.92.